The summed E-state index contributed by atoms with van der Waals surface area (Å²) in [6.45, 7) is 0. The van der Waals surface area contributed by atoms with Crippen LogP contribution in [-0.2, 0) is 10.1 Å². The van der Waals surface area contributed by atoms with Crippen molar-refractivity contribution >= 4 is 53.2 Å². The van der Waals surface area contributed by atoms with E-state index in [2.05, 4.69) is 58.8 Å². The van der Waals surface area contributed by atoms with E-state index in [4.69, 9.17) is 0 Å². The Morgan fingerprint density at radius 2 is 0.905 bits per heavy atom. The lowest BCUT2D eigenvalue weighted by Crippen LogP contribution is -2.28. The molecule has 0 radical (unpaired) electrons. The van der Waals surface area contributed by atoms with E-state index in [0.29, 0.717) is 5.39 Å². The minimum Gasteiger partial charge on any atom is -0.376 e. The molecule has 7 aromatic rings. The quantitative estimate of drug-likeness (QED) is 0.119. The number of benzene rings is 7. The Kier molecular flexibility index (Phi) is 5.95. The molecule has 0 heterocycles. The van der Waals surface area contributed by atoms with Gasteiger partial charge in [-0.3, -0.25) is 0 Å². The molecule has 0 amide bonds. The van der Waals surface area contributed by atoms with Gasteiger partial charge in [-0.25, -0.2) is 0 Å². The third-order valence-corrected chi connectivity index (χ3v) is 8.54. The highest BCUT2D eigenvalue weighted by Gasteiger charge is 2.48. The maximum absolute atomic E-state index is 12.9. The molecule has 7 heteroatoms. The van der Waals surface area contributed by atoms with Gasteiger partial charge in [-0.2, -0.15) is 21.6 Å². The first kappa shape index (κ1) is 26.0. The second kappa shape index (κ2) is 9.60. The van der Waals surface area contributed by atoms with Crippen molar-refractivity contribution in [2.24, 2.45) is 0 Å². The van der Waals surface area contributed by atoms with Crippen LogP contribution in [0.25, 0.3) is 65.3 Å². The van der Waals surface area contributed by atoms with E-state index in [9.17, 15) is 21.6 Å². The van der Waals surface area contributed by atoms with Crippen molar-refractivity contribution < 1.29 is 25.8 Å². The van der Waals surface area contributed by atoms with Crippen LogP contribution in [0.3, 0.4) is 0 Å². The average Bonchev–Trinajstić information content (AvgIpc) is 2.98. The third-order valence-electron chi connectivity index (χ3n) is 7.56. The zero-order valence-electron chi connectivity index (χ0n) is 21.9. The van der Waals surface area contributed by atoms with Crippen LogP contribution in [0.15, 0.2) is 127 Å². The molecule has 0 aliphatic carbocycles. The minimum atomic E-state index is -5.78. The van der Waals surface area contributed by atoms with Crippen LogP contribution < -0.4 is 4.18 Å². The van der Waals surface area contributed by atoms with Crippen LogP contribution >= 0.6 is 0 Å². The molecule has 0 aliphatic rings. The first-order valence-corrected chi connectivity index (χ1v) is 14.6. The summed E-state index contributed by atoms with van der Waals surface area (Å²) in [4.78, 5) is 0. The molecule has 0 saturated heterocycles. The molecule has 0 saturated carbocycles. The molecule has 206 valence electrons. The van der Waals surface area contributed by atoms with Gasteiger partial charge in [0.25, 0.3) is 0 Å². The third kappa shape index (κ3) is 4.33. The Bertz CT molecular complexity index is 2230. The van der Waals surface area contributed by atoms with E-state index >= 15 is 0 Å². The highest BCUT2D eigenvalue weighted by molar-refractivity contribution is 7.88. The van der Waals surface area contributed by atoms with Crippen LogP contribution in [0, 0.1) is 0 Å². The molecular weight excluding hydrogens is 557 g/mol. The Hall–Kier alpha value is -4.88. The number of rotatable bonds is 4. The van der Waals surface area contributed by atoms with Gasteiger partial charge >= 0.3 is 15.6 Å². The van der Waals surface area contributed by atoms with Gasteiger partial charge in [0.1, 0.15) is 5.75 Å². The smallest absolute Gasteiger partial charge is 0.376 e. The van der Waals surface area contributed by atoms with Crippen molar-refractivity contribution in [1.29, 1.82) is 0 Å². The maximum Gasteiger partial charge on any atom is 0.534 e. The van der Waals surface area contributed by atoms with Gasteiger partial charge in [0.15, 0.2) is 0 Å². The van der Waals surface area contributed by atoms with Crippen molar-refractivity contribution in [3.63, 3.8) is 0 Å². The van der Waals surface area contributed by atoms with Crippen LogP contribution in [0.4, 0.5) is 13.2 Å². The van der Waals surface area contributed by atoms with E-state index in [-0.39, 0.29) is 0 Å². The number of alkyl halides is 3. The van der Waals surface area contributed by atoms with Gasteiger partial charge in [-0.15, -0.1) is 0 Å². The molecule has 0 aromatic heterocycles. The number of fused-ring (bicyclic) bond motifs is 4. The van der Waals surface area contributed by atoms with Crippen molar-refractivity contribution in [2.75, 3.05) is 0 Å². The summed E-state index contributed by atoms with van der Waals surface area (Å²) >= 11 is 0. The summed E-state index contributed by atoms with van der Waals surface area (Å²) < 4.78 is 66.4. The van der Waals surface area contributed by atoms with Crippen LogP contribution in [-0.4, -0.2) is 13.9 Å². The van der Waals surface area contributed by atoms with Gasteiger partial charge in [0, 0.05) is 0 Å². The Balaban J connectivity index is 1.46. The fraction of sp³-hybridized carbons (Fsp3) is 0.0286. The summed E-state index contributed by atoms with van der Waals surface area (Å²) in [5.41, 5.74) is -1.49. The zero-order valence-corrected chi connectivity index (χ0v) is 22.7. The Labute approximate surface area is 239 Å². The number of halogens is 3. The standard InChI is InChI=1S/C35H21F3O3S/c36-35(37,38)42(39,40)41-28-18-17-23-14-16-26(20-27(23)21-28)34-31-11-5-3-9-29(31)33(30-10-4-6-12-32(30)34)25-15-13-22-7-1-2-8-24(22)19-25/h1-21H. The molecule has 0 atom stereocenters. The monoisotopic (exact) mass is 578 g/mol. The molecule has 0 aliphatic heterocycles. The summed E-state index contributed by atoms with van der Waals surface area (Å²) in [6.07, 6.45) is 0. The van der Waals surface area contributed by atoms with Crippen LogP contribution in [0.2, 0.25) is 0 Å². The average molecular weight is 579 g/mol. The predicted molar refractivity (Wildman–Crippen MR) is 163 cm³/mol. The molecule has 0 bridgehead atoms. The summed E-state index contributed by atoms with van der Waals surface area (Å²) in [5, 5.41) is 7.76. The van der Waals surface area contributed by atoms with Crippen molar-refractivity contribution in [3.05, 3.63) is 127 Å². The second-order valence-corrected chi connectivity index (χ2v) is 11.6. The van der Waals surface area contributed by atoms with Gasteiger partial charge in [0.05, 0.1) is 0 Å². The zero-order chi connectivity index (χ0) is 29.1. The molecule has 0 N–H and O–H groups in total. The second-order valence-electron chi connectivity index (χ2n) is 10.1. The topological polar surface area (TPSA) is 43.4 Å². The van der Waals surface area contributed by atoms with Crippen molar-refractivity contribution in [3.8, 4) is 28.0 Å². The lowest BCUT2D eigenvalue weighted by molar-refractivity contribution is -0.0500. The lowest BCUT2D eigenvalue weighted by atomic mass is 9.85. The lowest BCUT2D eigenvalue weighted by Gasteiger charge is -2.18. The molecule has 7 aromatic carbocycles. The predicted octanol–water partition coefficient (Wildman–Crippen LogP) is 9.86. The summed E-state index contributed by atoms with van der Waals surface area (Å²) in [6, 6.07) is 40.8. The summed E-state index contributed by atoms with van der Waals surface area (Å²) in [5.74, 6) is -0.404. The number of hydrogen-bond acceptors (Lipinski definition) is 3. The van der Waals surface area contributed by atoms with Crippen LogP contribution in [0.5, 0.6) is 5.75 Å². The Morgan fingerprint density at radius 1 is 0.476 bits per heavy atom. The van der Waals surface area contributed by atoms with E-state index in [0.717, 1.165) is 60.0 Å². The minimum absolute atomic E-state index is 0.404. The molecule has 7 rings (SSSR count). The van der Waals surface area contributed by atoms with Gasteiger partial charge in [-0.1, -0.05) is 103 Å². The van der Waals surface area contributed by atoms with Gasteiger partial charge in [-0.05, 0) is 89.6 Å². The summed E-state index contributed by atoms with van der Waals surface area (Å²) in [7, 11) is -5.78. The molecule has 3 nitrogen and oxygen atoms in total. The highest BCUT2D eigenvalue weighted by Crippen LogP contribution is 2.44. The van der Waals surface area contributed by atoms with Crippen molar-refractivity contribution in [2.45, 2.75) is 5.51 Å². The fourth-order valence-corrected chi connectivity index (χ4v) is 6.15. The molecule has 42 heavy (non-hydrogen) atoms. The molecule has 0 fully saturated rings. The largest absolute Gasteiger partial charge is 0.534 e. The first-order valence-electron chi connectivity index (χ1n) is 13.2. The van der Waals surface area contributed by atoms with E-state index in [1.54, 1.807) is 6.07 Å². The molecular formula is C35H21F3O3S. The number of hydrogen-bond donors (Lipinski definition) is 0. The normalized spacial score (nSPS) is 12.4. The van der Waals surface area contributed by atoms with E-state index < -0.39 is 21.4 Å². The van der Waals surface area contributed by atoms with Crippen LogP contribution in [0.1, 0.15) is 0 Å². The highest BCUT2D eigenvalue weighted by atomic mass is 32.2. The van der Waals surface area contributed by atoms with E-state index in [1.165, 1.54) is 12.1 Å². The SMILES string of the molecule is O=S(=O)(Oc1ccc2ccc(-c3c4ccccc4c(-c4ccc5ccccc5c4)c4ccccc34)cc2c1)C(F)(F)F. The molecule has 0 unspecified atom stereocenters. The van der Waals surface area contributed by atoms with Gasteiger partial charge < -0.3 is 4.18 Å². The Morgan fingerprint density at radius 3 is 1.43 bits per heavy atom. The van der Waals surface area contributed by atoms with E-state index in [1.807, 2.05) is 54.6 Å². The molecule has 0 spiro atoms. The first-order chi connectivity index (χ1) is 20.2. The fourth-order valence-electron chi connectivity index (χ4n) is 5.70. The van der Waals surface area contributed by atoms with Crippen molar-refractivity contribution in [1.82, 2.24) is 0 Å². The maximum atomic E-state index is 12.9. The van der Waals surface area contributed by atoms with Gasteiger partial charge in [0.2, 0.25) is 0 Å².